The molecule has 0 unspecified atom stereocenters. The first kappa shape index (κ1) is 24.1. The smallest absolute Gasteiger partial charge is 0.344 e. The third kappa shape index (κ3) is 6.23. The fourth-order valence-corrected chi connectivity index (χ4v) is 3.84. The molecule has 33 heavy (non-hydrogen) atoms. The predicted octanol–water partition coefficient (Wildman–Crippen LogP) is 3.92. The first-order valence-corrected chi connectivity index (χ1v) is 11.1. The molecule has 1 N–H and O–H groups in total. The Labute approximate surface area is 195 Å². The normalized spacial score (nSPS) is 14.5. The summed E-state index contributed by atoms with van der Waals surface area (Å²) in [6.07, 6.45) is 1.51. The number of imide groups is 1. The Morgan fingerprint density at radius 3 is 2.58 bits per heavy atom. The molecule has 0 spiro atoms. The summed E-state index contributed by atoms with van der Waals surface area (Å²) in [5.41, 5.74) is 3.23. The van der Waals surface area contributed by atoms with Gasteiger partial charge >= 0.3 is 5.97 Å². The van der Waals surface area contributed by atoms with Gasteiger partial charge in [-0.05, 0) is 67.9 Å². The highest BCUT2D eigenvalue weighted by molar-refractivity contribution is 8.18. The highest BCUT2D eigenvalue weighted by Gasteiger charge is 2.36. The van der Waals surface area contributed by atoms with Gasteiger partial charge in [0.2, 0.25) is 5.91 Å². The number of ether oxygens (including phenoxy) is 2. The predicted molar refractivity (Wildman–Crippen MR) is 126 cm³/mol. The van der Waals surface area contributed by atoms with Crippen LogP contribution in [0.1, 0.15) is 23.6 Å². The average Bonchev–Trinajstić information content (AvgIpc) is 3.03. The van der Waals surface area contributed by atoms with Crippen LogP contribution in [0.5, 0.6) is 5.75 Å². The zero-order chi connectivity index (χ0) is 24.0. The zero-order valence-corrected chi connectivity index (χ0v) is 19.4. The van der Waals surface area contributed by atoms with E-state index in [1.165, 1.54) is 6.08 Å². The standard InChI is InChI=1S/C24H24N2O6S/c1-4-31-22(28)14-32-19-8-6-5-7-17(19)12-20-23(29)26(24(30)33-20)13-21(27)25-18-10-9-15(2)16(3)11-18/h5-12H,4,13-14H2,1-3H3,(H,25,27). The number of anilines is 1. The van der Waals surface area contributed by atoms with Gasteiger partial charge in [0, 0.05) is 11.3 Å². The summed E-state index contributed by atoms with van der Waals surface area (Å²) in [4.78, 5) is 50.2. The van der Waals surface area contributed by atoms with Crippen LogP contribution in [0, 0.1) is 13.8 Å². The Morgan fingerprint density at radius 2 is 1.85 bits per heavy atom. The Bertz CT molecular complexity index is 1130. The van der Waals surface area contributed by atoms with E-state index >= 15 is 0 Å². The van der Waals surface area contributed by atoms with Crippen LogP contribution in [0.25, 0.3) is 6.08 Å². The van der Waals surface area contributed by atoms with Gasteiger partial charge in [0.15, 0.2) is 6.61 Å². The molecule has 1 aliphatic heterocycles. The zero-order valence-electron chi connectivity index (χ0n) is 18.5. The summed E-state index contributed by atoms with van der Waals surface area (Å²) >= 11 is 0.742. The van der Waals surface area contributed by atoms with E-state index in [2.05, 4.69) is 5.32 Å². The van der Waals surface area contributed by atoms with Crippen LogP contribution < -0.4 is 10.1 Å². The highest BCUT2D eigenvalue weighted by Crippen LogP contribution is 2.34. The van der Waals surface area contributed by atoms with Gasteiger partial charge in [0.1, 0.15) is 12.3 Å². The minimum atomic E-state index is -0.569. The molecule has 0 aromatic heterocycles. The van der Waals surface area contributed by atoms with Crippen molar-refractivity contribution in [3.8, 4) is 5.75 Å². The van der Waals surface area contributed by atoms with Crippen molar-refractivity contribution in [2.45, 2.75) is 20.8 Å². The van der Waals surface area contributed by atoms with E-state index in [0.29, 0.717) is 17.0 Å². The van der Waals surface area contributed by atoms with Crippen LogP contribution in [0.15, 0.2) is 47.4 Å². The molecule has 3 rings (SSSR count). The van der Waals surface area contributed by atoms with E-state index in [0.717, 1.165) is 27.8 Å². The van der Waals surface area contributed by atoms with Crippen LogP contribution in [0.2, 0.25) is 0 Å². The summed E-state index contributed by atoms with van der Waals surface area (Å²) < 4.78 is 10.3. The van der Waals surface area contributed by atoms with Crippen molar-refractivity contribution in [2.75, 3.05) is 25.1 Å². The van der Waals surface area contributed by atoms with Crippen molar-refractivity contribution >= 4 is 46.5 Å². The van der Waals surface area contributed by atoms with Gasteiger partial charge in [-0.25, -0.2) is 4.79 Å². The molecule has 0 bridgehead atoms. The molecule has 1 fully saturated rings. The van der Waals surface area contributed by atoms with Crippen molar-refractivity contribution in [3.63, 3.8) is 0 Å². The van der Waals surface area contributed by atoms with E-state index in [4.69, 9.17) is 9.47 Å². The second-order valence-corrected chi connectivity index (χ2v) is 8.24. The summed E-state index contributed by atoms with van der Waals surface area (Å²) in [6.45, 7) is 5.17. The first-order valence-electron chi connectivity index (χ1n) is 10.3. The number of benzene rings is 2. The number of carbonyl (C=O) groups excluding carboxylic acids is 4. The fourth-order valence-electron chi connectivity index (χ4n) is 3.01. The Balaban J connectivity index is 1.69. The lowest BCUT2D eigenvalue weighted by Gasteiger charge is -2.13. The van der Waals surface area contributed by atoms with Gasteiger partial charge in [0.25, 0.3) is 11.1 Å². The Morgan fingerprint density at radius 1 is 1.09 bits per heavy atom. The van der Waals surface area contributed by atoms with E-state index < -0.39 is 29.6 Å². The highest BCUT2D eigenvalue weighted by atomic mass is 32.2. The van der Waals surface area contributed by atoms with Gasteiger partial charge in [0.05, 0.1) is 11.5 Å². The second kappa shape index (κ2) is 10.8. The van der Waals surface area contributed by atoms with Crippen molar-refractivity contribution in [1.82, 2.24) is 4.90 Å². The second-order valence-electron chi connectivity index (χ2n) is 7.25. The molecule has 0 saturated carbocycles. The monoisotopic (exact) mass is 468 g/mol. The quantitative estimate of drug-likeness (QED) is 0.463. The van der Waals surface area contributed by atoms with Crippen molar-refractivity contribution < 1.29 is 28.7 Å². The topological polar surface area (TPSA) is 102 Å². The minimum Gasteiger partial charge on any atom is -0.481 e. The van der Waals surface area contributed by atoms with E-state index in [-0.39, 0.29) is 18.1 Å². The van der Waals surface area contributed by atoms with Gasteiger partial charge < -0.3 is 14.8 Å². The third-order valence-electron chi connectivity index (χ3n) is 4.82. The molecule has 2 aromatic carbocycles. The van der Waals surface area contributed by atoms with Gasteiger partial charge in [-0.3, -0.25) is 19.3 Å². The number of nitrogens with zero attached hydrogens (tertiary/aromatic N) is 1. The van der Waals surface area contributed by atoms with Crippen LogP contribution in [0.4, 0.5) is 10.5 Å². The summed E-state index contributed by atoms with van der Waals surface area (Å²) in [5.74, 6) is -1.19. The van der Waals surface area contributed by atoms with Crippen LogP contribution in [-0.2, 0) is 19.1 Å². The Hall–Kier alpha value is -3.59. The summed E-state index contributed by atoms with van der Waals surface area (Å²) in [7, 11) is 0. The maximum atomic E-state index is 12.8. The lowest BCUT2D eigenvalue weighted by atomic mass is 10.1. The van der Waals surface area contributed by atoms with Crippen molar-refractivity contribution in [2.24, 2.45) is 0 Å². The molecular weight excluding hydrogens is 444 g/mol. The van der Waals surface area contributed by atoms with Gasteiger partial charge in [-0.15, -0.1) is 0 Å². The molecule has 9 heteroatoms. The van der Waals surface area contributed by atoms with E-state index in [1.54, 1.807) is 37.3 Å². The maximum Gasteiger partial charge on any atom is 0.344 e. The molecule has 0 aliphatic carbocycles. The molecule has 0 radical (unpaired) electrons. The molecule has 1 saturated heterocycles. The number of nitrogens with one attached hydrogen (secondary N) is 1. The summed E-state index contributed by atoms with van der Waals surface area (Å²) in [6, 6.07) is 12.3. The molecule has 172 valence electrons. The number of thioether (sulfide) groups is 1. The number of para-hydroxylation sites is 1. The van der Waals surface area contributed by atoms with Gasteiger partial charge in [-0.1, -0.05) is 24.3 Å². The number of esters is 1. The Kier molecular flexibility index (Phi) is 7.89. The lowest BCUT2D eigenvalue weighted by Crippen LogP contribution is -2.36. The van der Waals surface area contributed by atoms with Crippen LogP contribution in [0.3, 0.4) is 0 Å². The lowest BCUT2D eigenvalue weighted by molar-refractivity contribution is -0.145. The fraction of sp³-hybridized carbons (Fsp3) is 0.250. The maximum absolute atomic E-state index is 12.8. The molecular formula is C24H24N2O6S. The molecule has 1 heterocycles. The van der Waals surface area contributed by atoms with E-state index in [1.807, 2.05) is 26.0 Å². The number of amides is 3. The molecule has 0 atom stereocenters. The number of aryl methyl sites for hydroxylation is 2. The molecule has 1 aliphatic rings. The SMILES string of the molecule is CCOC(=O)COc1ccccc1C=C1SC(=O)N(CC(=O)Nc2ccc(C)c(C)c2)C1=O. The first-order chi connectivity index (χ1) is 15.8. The number of hydrogen-bond donors (Lipinski definition) is 1. The number of rotatable bonds is 8. The van der Waals surface area contributed by atoms with Crippen molar-refractivity contribution in [1.29, 1.82) is 0 Å². The largest absolute Gasteiger partial charge is 0.481 e. The summed E-state index contributed by atoms with van der Waals surface area (Å²) in [5, 5.41) is 2.18. The van der Waals surface area contributed by atoms with Crippen molar-refractivity contribution in [3.05, 3.63) is 64.1 Å². The third-order valence-corrected chi connectivity index (χ3v) is 5.73. The van der Waals surface area contributed by atoms with Gasteiger partial charge in [-0.2, -0.15) is 0 Å². The molecule has 3 amide bonds. The number of hydrogen-bond acceptors (Lipinski definition) is 7. The van der Waals surface area contributed by atoms with Crippen LogP contribution >= 0.6 is 11.8 Å². The van der Waals surface area contributed by atoms with Crippen LogP contribution in [-0.4, -0.2) is 47.7 Å². The van der Waals surface area contributed by atoms with E-state index in [9.17, 15) is 19.2 Å². The average molecular weight is 469 g/mol. The molecule has 2 aromatic rings. The number of carbonyl (C=O) groups is 4. The minimum absolute atomic E-state index is 0.158. The molecule has 8 nitrogen and oxygen atoms in total.